The molecule has 0 aliphatic carbocycles. The molecule has 1 fully saturated rings. The van der Waals surface area contributed by atoms with Gasteiger partial charge in [0.05, 0.1) is 10.6 Å². The standard InChI is InChI=1S/C21H15NO3S/c1-14-7-5-6-10-17(14)22-20(23)19(26-21(22)24)13-16-11-12-18(25-16)15-8-3-2-4-9-15/h2-13H,1H3/b19-13-. The number of rotatable bonds is 3. The lowest BCUT2D eigenvalue weighted by Gasteiger charge is -2.14. The van der Waals surface area contributed by atoms with Gasteiger partial charge < -0.3 is 4.42 Å². The van der Waals surface area contributed by atoms with E-state index >= 15 is 0 Å². The van der Waals surface area contributed by atoms with Crippen molar-refractivity contribution in [3.63, 3.8) is 0 Å². The number of amides is 2. The Morgan fingerprint density at radius 2 is 1.65 bits per heavy atom. The summed E-state index contributed by atoms with van der Waals surface area (Å²) in [4.78, 5) is 26.7. The van der Waals surface area contributed by atoms with Gasteiger partial charge in [0.1, 0.15) is 11.5 Å². The molecule has 2 amide bonds. The molecule has 2 heterocycles. The number of benzene rings is 2. The van der Waals surface area contributed by atoms with Crippen LogP contribution in [0.25, 0.3) is 17.4 Å². The van der Waals surface area contributed by atoms with Crippen LogP contribution in [0.1, 0.15) is 11.3 Å². The molecule has 0 bridgehead atoms. The third-order valence-electron chi connectivity index (χ3n) is 4.11. The highest BCUT2D eigenvalue weighted by molar-refractivity contribution is 8.19. The van der Waals surface area contributed by atoms with E-state index in [1.807, 2.05) is 61.5 Å². The predicted octanol–water partition coefficient (Wildman–Crippen LogP) is 5.50. The largest absolute Gasteiger partial charge is 0.457 e. The fourth-order valence-corrected chi connectivity index (χ4v) is 3.62. The Labute approximate surface area is 155 Å². The van der Waals surface area contributed by atoms with Gasteiger partial charge in [-0.1, -0.05) is 48.5 Å². The molecule has 1 aliphatic heterocycles. The fraction of sp³-hybridized carbons (Fsp3) is 0.0476. The minimum absolute atomic E-state index is 0.301. The molecular weight excluding hydrogens is 346 g/mol. The average Bonchev–Trinajstić information content (AvgIpc) is 3.22. The van der Waals surface area contributed by atoms with Gasteiger partial charge in [-0.25, -0.2) is 4.90 Å². The minimum Gasteiger partial charge on any atom is -0.457 e. The third kappa shape index (κ3) is 2.97. The van der Waals surface area contributed by atoms with E-state index in [1.54, 1.807) is 18.2 Å². The van der Waals surface area contributed by atoms with Gasteiger partial charge in [-0.3, -0.25) is 9.59 Å². The molecule has 0 unspecified atom stereocenters. The van der Waals surface area contributed by atoms with E-state index in [0.29, 0.717) is 16.4 Å². The van der Waals surface area contributed by atoms with Crippen LogP contribution < -0.4 is 4.90 Å². The number of hydrogen-bond acceptors (Lipinski definition) is 4. The number of furan rings is 1. The topological polar surface area (TPSA) is 50.5 Å². The molecule has 0 atom stereocenters. The molecule has 1 aliphatic rings. The molecule has 2 aromatic carbocycles. The Morgan fingerprint density at radius 1 is 0.923 bits per heavy atom. The predicted molar refractivity (Wildman–Crippen MR) is 104 cm³/mol. The molecule has 5 heteroatoms. The van der Waals surface area contributed by atoms with E-state index < -0.39 is 0 Å². The van der Waals surface area contributed by atoms with Crippen molar-refractivity contribution in [2.45, 2.75) is 6.92 Å². The first-order chi connectivity index (χ1) is 12.6. The van der Waals surface area contributed by atoms with Crippen LogP contribution in [-0.2, 0) is 4.79 Å². The van der Waals surface area contributed by atoms with Crippen LogP contribution >= 0.6 is 11.8 Å². The maximum atomic E-state index is 12.7. The van der Waals surface area contributed by atoms with Crippen molar-refractivity contribution in [3.05, 3.63) is 83.0 Å². The number of imide groups is 1. The molecule has 0 N–H and O–H groups in total. The Hall–Kier alpha value is -3.05. The van der Waals surface area contributed by atoms with E-state index in [9.17, 15) is 9.59 Å². The van der Waals surface area contributed by atoms with Crippen LogP contribution in [0.5, 0.6) is 0 Å². The zero-order valence-corrected chi connectivity index (χ0v) is 14.8. The number of para-hydroxylation sites is 1. The maximum Gasteiger partial charge on any atom is 0.298 e. The second-order valence-corrected chi connectivity index (χ2v) is 6.86. The number of carbonyl (C=O) groups is 2. The van der Waals surface area contributed by atoms with Crippen molar-refractivity contribution in [2.24, 2.45) is 0 Å². The van der Waals surface area contributed by atoms with Crippen LogP contribution in [0.3, 0.4) is 0 Å². The van der Waals surface area contributed by atoms with Crippen molar-refractivity contribution in [3.8, 4) is 11.3 Å². The first-order valence-electron chi connectivity index (χ1n) is 8.12. The molecule has 4 nitrogen and oxygen atoms in total. The van der Waals surface area contributed by atoms with Crippen molar-refractivity contribution in [2.75, 3.05) is 4.90 Å². The molecule has 128 valence electrons. The molecule has 0 radical (unpaired) electrons. The summed E-state index contributed by atoms with van der Waals surface area (Å²) in [5, 5.41) is -0.301. The molecule has 3 aromatic rings. The van der Waals surface area contributed by atoms with Gasteiger partial charge in [0, 0.05) is 11.6 Å². The lowest BCUT2D eigenvalue weighted by Crippen LogP contribution is -2.28. The summed E-state index contributed by atoms with van der Waals surface area (Å²) in [6.07, 6.45) is 1.62. The molecule has 26 heavy (non-hydrogen) atoms. The highest BCUT2D eigenvalue weighted by atomic mass is 32.2. The molecule has 0 saturated carbocycles. The average molecular weight is 361 g/mol. The van der Waals surface area contributed by atoms with Gasteiger partial charge in [-0.2, -0.15) is 0 Å². The minimum atomic E-state index is -0.327. The fourth-order valence-electron chi connectivity index (χ4n) is 2.81. The number of thioether (sulfide) groups is 1. The summed E-state index contributed by atoms with van der Waals surface area (Å²) in [7, 11) is 0. The molecule has 4 rings (SSSR count). The summed E-state index contributed by atoms with van der Waals surface area (Å²) in [5.41, 5.74) is 2.45. The monoisotopic (exact) mass is 361 g/mol. The Kier molecular flexibility index (Phi) is 4.22. The smallest absolute Gasteiger partial charge is 0.298 e. The number of hydrogen-bond donors (Lipinski definition) is 0. The van der Waals surface area contributed by atoms with Crippen molar-refractivity contribution >= 4 is 34.7 Å². The Bertz CT molecular complexity index is 1020. The highest BCUT2D eigenvalue weighted by Gasteiger charge is 2.37. The number of nitrogens with zero attached hydrogens (tertiary/aromatic N) is 1. The summed E-state index contributed by atoms with van der Waals surface area (Å²) in [5.74, 6) is 0.932. The van der Waals surface area contributed by atoms with E-state index in [0.717, 1.165) is 28.6 Å². The highest BCUT2D eigenvalue weighted by Crippen LogP contribution is 2.37. The van der Waals surface area contributed by atoms with Gasteiger partial charge in [0.15, 0.2) is 0 Å². The summed E-state index contributed by atoms with van der Waals surface area (Å²) >= 11 is 0.924. The zero-order chi connectivity index (χ0) is 18.1. The first kappa shape index (κ1) is 16.4. The number of anilines is 1. The summed E-state index contributed by atoms with van der Waals surface area (Å²) < 4.78 is 5.81. The van der Waals surface area contributed by atoms with E-state index in [2.05, 4.69) is 0 Å². The van der Waals surface area contributed by atoms with Gasteiger partial charge in [-0.05, 0) is 42.4 Å². The second kappa shape index (κ2) is 6.69. The summed E-state index contributed by atoms with van der Waals surface area (Å²) in [6, 6.07) is 20.7. The quantitative estimate of drug-likeness (QED) is 0.578. The Morgan fingerprint density at radius 3 is 2.42 bits per heavy atom. The molecule has 1 saturated heterocycles. The van der Waals surface area contributed by atoms with Crippen LogP contribution in [0, 0.1) is 6.92 Å². The van der Waals surface area contributed by atoms with Crippen LogP contribution in [0.2, 0.25) is 0 Å². The van der Waals surface area contributed by atoms with Crippen LogP contribution in [0.15, 0.2) is 76.1 Å². The van der Waals surface area contributed by atoms with E-state index in [4.69, 9.17) is 4.42 Å². The van der Waals surface area contributed by atoms with E-state index in [-0.39, 0.29) is 11.1 Å². The maximum absolute atomic E-state index is 12.7. The lowest BCUT2D eigenvalue weighted by molar-refractivity contribution is -0.113. The molecule has 0 spiro atoms. The van der Waals surface area contributed by atoms with Crippen molar-refractivity contribution < 1.29 is 14.0 Å². The second-order valence-electron chi connectivity index (χ2n) is 5.87. The third-order valence-corrected chi connectivity index (χ3v) is 4.98. The Balaban J connectivity index is 1.63. The van der Waals surface area contributed by atoms with E-state index in [1.165, 1.54) is 4.90 Å². The first-order valence-corrected chi connectivity index (χ1v) is 8.94. The van der Waals surface area contributed by atoms with Crippen molar-refractivity contribution in [1.82, 2.24) is 0 Å². The number of aryl methyl sites for hydroxylation is 1. The SMILES string of the molecule is Cc1ccccc1N1C(=O)S/C(=C\c2ccc(-c3ccccc3)o2)C1=O. The molecular formula is C21H15NO3S. The van der Waals surface area contributed by atoms with Gasteiger partial charge in [0.2, 0.25) is 0 Å². The normalized spacial score (nSPS) is 15.9. The summed E-state index contributed by atoms with van der Waals surface area (Å²) in [6.45, 7) is 1.88. The van der Waals surface area contributed by atoms with Gasteiger partial charge in [0.25, 0.3) is 11.1 Å². The lowest BCUT2D eigenvalue weighted by atomic mass is 10.2. The van der Waals surface area contributed by atoms with Crippen LogP contribution in [-0.4, -0.2) is 11.1 Å². The molecule has 1 aromatic heterocycles. The number of carbonyl (C=O) groups excluding carboxylic acids is 2. The zero-order valence-electron chi connectivity index (χ0n) is 14.0. The van der Waals surface area contributed by atoms with Crippen LogP contribution in [0.4, 0.5) is 10.5 Å². The van der Waals surface area contributed by atoms with Crippen molar-refractivity contribution in [1.29, 1.82) is 0 Å². The van der Waals surface area contributed by atoms with Gasteiger partial charge >= 0.3 is 0 Å². The van der Waals surface area contributed by atoms with Gasteiger partial charge in [-0.15, -0.1) is 0 Å².